The largest absolute Gasteiger partial charge is 0.462 e. The first-order chi connectivity index (χ1) is 13.8. The fourth-order valence-electron chi connectivity index (χ4n) is 2.66. The van der Waals surface area contributed by atoms with E-state index >= 15 is 0 Å². The lowest BCUT2D eigenvalue weighted by Gasteiger charge is -2.29. The van der Waals surface area contributed by atoms with Crippen LogP contribution in [0.5, 0.6) is 0 Å². The first-order valence-corrected chi connectivity index (χ1v) is 10.3. The molecule has 1 aliphatic heterocycles. The van der Waals surface area contributed by atoms with E-state index in [2.05, 4.69) is 36.2 Å². The standard InChI is InChI=1S/C17H18BrN3O.C5H10O2/c18-14-2-1-3-15(12-14)20-17(22)13-4-6-16(7-5-13)21-10-8-19-9-11-21;1-5(2,3)7-4-6/h1-7,12,19H,8-11H2,(H,20,22);4H,1-3H3. The summed E-state index contributed by atoms with van der Waals surface area (Å²) in [5, 5.41) is 6.24. The minimum Gasteiger partial charge on any atom is -0.462 e. The minimum atomic E-state index is -0.318. The maximum Gasteiger partial charge on any atom is 0.293 e. The Morgan fingerprint density at radius 3 is 2.31 bits per heavy atom. The van der Waals surface area contributed by atoms with E-state index in [0.29, 0.717) is 12.0 Å². The van der Waals surface area contributed by atoms with Crippen molar-refractivity contribution in [3.8, 4) is 0 Å². The summed E-state index contributed by atoms with van der Waals surface area (Å²) in [6, 6.07) is 15.4. The molecular weight excluding hydrogens is 434 g/mol. The number of nitrogens with one attached hydrogen (secondary N) is 2. The number of carbonyl (C=O) groups excluding carboxylic acids is 2. The van der Waals surface area contributed by atoms with Crippen molar-refractivity contribution in [2.24, 2.45) is 0 Å². The number of amides is 1. The quantitative estimate of drug-likeness (QED) is 0.671. The van der Waals surface area contributed by atoms with Gasteiger partial charge >= 0.3 is 0 Å². The van der Waals surface area contributed by atoms with Gasteiger partial charge in [-0.15, -0.1) is 0 Å². The number of piperazine rings is 1. The van der Waals surface area contributed by atoms with Gasteiger partial charge in [-0.3, -0.25) is 9.59 Å². The summed E-state index contributed by atoms with van der Waals surface area (Å²) in [4.78, 5) is 24.2. The highest BCUT2D eigenvalue weighted by molar-refractivity contribution is 9.10. The van der Waals surface area contributed by atoms with E-state index in [9.17, 15) is 9.59 Å². The van der Waals surface area contributed by atoms with Crippen molar-refractivity contribution in [1.29, 1.82) is 0 Å². The summed E-state index contributed by atoms with van der Waals surface area (Å²) < 4.78 is 5.49. The zero-order valence-electron chi connectivity index (χ0n) is 17.1. The zero-order chi connectivity index (χ0) is 21.3. The lowest BCUT2D eigenvalue weighted by molar-refractivity contribution is -0.138. The molecule has 2 N–H and O–H groups in total. The summed E-state index contributed by atoms with van der Waals surface area (Å²) >= 11 is 3.40. The molecule has 29 heavy (non-hydrogen) atoms. The SMILES string of the molecule is CC(C)(C)OC=O.O=C(Nc1cccc(Br)c1)c1ccc(N2CCNCC2)cc1. The zero-order valence-corrected chi connectivity index (χ0v) is 18.7. The summed E-state index contributed by atoms with van der Waals surface area (Å²) in [5.41, 5.74) is 2.30. The second-order valence-electron chi connectivity index (χ2n) is 7.57. The number of nitrogens with zero attached hydrogens (tertiary/aromatic N) is 1. The molecule has 0 aliphatic carbocycles. The summed E-state index contributed by atoms with van der Waals surface area (Å²) in [7, 11) is 0. The molecule has 0 spiro atoms. The van der Waals surface area contributed by atoms with Crippen LogP contribution < -0.4 is 15.5 Å². The predicted octanol–water partition coefficient (Wildman–Crippen LogP) is 4.07. The third-order valence-electron chi connectivity index (χ3n) is 4.10. The van der Waals surface area contributed by atoms with Crippen LogP contribution >= 0.6 is 15.9 Å². The van der Waals surface area contributed by atoms with Crippen molar-refractivity contribution in [2.45, 2.75) is 26.4 Å². The molecular formula is C22H28BrN3O3. The number of halogens is 1. The van der Waals surface area contributed by atoms with Gasteiger partial charge in [0.15, 0.2) is 0 Å². The van der Waals surface area contributed by atoms with Gasteiger partial charge in [0.25, 0.3) is 12.4 Å². The van der Waals surface area contributed by atoms with Crippen LogP contribution in [0.1, 0.15) is 31.1 Å². The molecule has 2 aromatic carbocycles. The number of benzene rings is 2. The van der Waals surface area contributed by atoms with Gasteiger partial charge in [-0.25, -0.2) is 0 Å². The Balaban J connectivity index is 0.000000370. The Hall–Kier alpha value is -2.38. The Morgan fingerprint density at radius 2 is 1.79 bits per heavy atom. The van der Waals surface area contributed by atoms with E-state index in [1.54, 1.807) is 0 Å². The third-order valence-corrected chi connectivity index (χ3v) is 4.59. The normalized spacial score (nSPS) is 13.7. The number of carbonyl (C=O) groups is 2. The first kappa shape index (κ1) is 22.9. The molecule has 1 saturated heterocycles. The van der Waals surface area contributed by atoms with Crippen molar-refractivity contribution in [1.82, 2.24) is 5.32 Å². The molecule has 0 aromatic heterocycles. The highest BCUT2D eigenvalue weighted by Crippen LogP contribution is 2.19. The average molecular weight is 462 g/mol. The maximum atomic E-state index is 12.3. The fraction of sp³-hybridized carbons (Fsp3) is 0.364. The summed E-state index contributed by atoms with van der Waals surface area (Å²) in [5.74, 6) is -0.0926. The fourth-order valence-corrected chi connectivity index (χ4v) is 3.06. The highest BCUT2D eigenvalue weighted by atomic mass is 79.9. The van der Waals surface area contributed by atoms with Gasteiger partial charge in [-0.05, 0) is 63.2 Å². The van der Waals surface area contributed by atoms with Crippen LogP contribution in [-0.4, -0.2) is 44.2 Å². The van der Waals surface area contributed by atoms with Gasteiger partial charge in [0.2, 0.25) is 0 Å². The number of hydrogen-bond donors (Lipinski definition) is 2. The van der Waals surface area contributed by atoms with E-state index in [0.717, 1.165) is 36.3 Å². The van der Waals surface area contributed by atoms with Crippen LogP contribution in [0, 0.1) is 0 Å². The molecule has 2 aromatic rings. The average Bonchev–Trinajstić information content (AvgIpc) is 2.68. The molecule has 0 atom stereocenters. The van der Waals surface area contributed by atoms with Crippen LogP contribution in [-0.2, 0) is 9.53 Å². The van der Waals surface area contributed by atoms with Crippen molar-refractivity contribution < 1.29 is 14.3 Å². The summed E-state index contributed by atoms with van der Waals surface area (Å²) in [6.07, 6.45) is 0. The van der Waals surface area contributed by atoms with E-state index in [4.69, 9.17) is 0 Å². The maximum absolute atomic E-state index is 12.3. The van der Waals surface area contributed by atoms with Crippen LogP contribution in [0.3, 0.4) is 0 Å². The lowest BCUT2D eigenvalue weighted by Crippen LogP contribution is -2.43. The van der Waals surface area contributed by atoms with Crippen LogP contribution in [0.4, 0.5) is 11.4 Å². The van der Waals surface area contributed by atoms with Crippen molar-refractivity contribution in [3.05, 3.63) is 58.6 Å². The summed E-state index contributed by atoms with van der Waals surface area (Å²) in [6.45, 7) is 9.94. The topological polar surface area (TPSA) is 70.7 Å². The van der Waals surface area contributed by atoms with Crippen LogP contribution in [0.2, 0.25) is 0 Å². The van der Waals surface area contributed by atoms with Crippen molar-refractivity contribution in [3.63, 3.8) is 0 Å². The Bertz CT molecular complexity index is 798. The number of hydrogen-bond acceptors (Lipinski definition) is 5. The molecule has 0 bridgehead atoms. The molecule has 1 heterocycles. The molecule has 1 fully saturated rings. The predicted molar refractivity (Wildman–Crippen MR) is 121 cm³/mol. The molecule has 1 aliphatic rings. The Labute approximate surface area is 180 Å². The van der Waals surface area contributed by atoms with Gasteiger partial charge in [0.05, 0.1) is 0 Å². The van der Waals surface area contributed by atoms with Crippen molar-refractivity contribution >= 4 is 39.7 Å². The second kappa shape index (κ2) is 11.0. The van der Waals surface area contributed by atoms with E-state index < -0.39 is 0 Å². The number of rotatable bonds is 4. The first-order valence-electron chi connectivity index (χ1n) is 9.52. The monoisotopic (exact) mass is 461 g/mol. The van der Waals surface area contributed by atoms with E-state index in [-0.39, 0.29) is 11.5 Å². The Kier molecular flexibility index (Phi) is 8.67. The van der Waals surface area contributed by atoms with Crippen LogP contribution in [0.15, 0.2) is 53.0 Å². The van der Waals surface area contributed by atoms with Gasteiger partial charge in [-0.2, -0.15) is 0 Å². The van der Waals surface area contributed by atoms with E-state index in [1.807, 2.05) is 69.3 Å². The number of anilines is 2. The second-order valence-corrected chi connectivity index (χ2v) is 8.49. The molecule has 0 saturated carbocycles. The minimum absolute atomic E-state index is 0.0926. The smallest absolute Gasteiger partial charge is 0.293 e. The number of ether oxygens (including phenoxy) is 1. The third kappa shape index (κ3) is 8.25. The molecule has 7 heteroatoms. The van der Waals surface area contributed by atoms with Gasteiger partial charge < -0.3 is 20.3 Å². The molecule has 0 radical (unpaired) electrons. The molecule has 0 unspecified atom stereocenters. The van der Waals surface area contributed by atoms with Gasteiger partial charge in [0.1, 0.15) is 5.60 Å². The lowest BCUT2D eigenvalue weighted by atomic mass is 10.1. The molecule has 3 rings (SSSR count). The van der Waals surface area contributed by atoms with E-state index in [1.165, 1.54) is 5.69 Å². The molecule has 6 nitrogen and oxygen atoms in total. The van der Waals surface area contributed by atoms with Crippen molar-refractivity contribution in [2.75, 3.05) is 36.4 Å². The molecule has 156 valence electrons. The Morgan fingerprint density at radius 1 is 1.14 bits per heavy atom. The van der Waals surface area contributed by atoms with Gasteiger partial charge in [0, 0.05) is 47.6 Å². The highest BCUT2D eigenvalue weighted by Gasteiger charge is 2.12. The molecule has 1 amide bonds. The van der Waals surface area contributed by atoms with Gasteiger partial charge in [-0.1, -0.05) is 22.0 Å². The van der Waals surface area contributed by atoms with Crippen LogP contribution in [0.25, 0.3) is 0 Å².